The Morgan fingerprint density at radius 2 is 2.14 bits per heavy atom. The van der Waals surface area contributed by atoms with Gasteiger partial charge in [0.1, 0.15) is 0 Å². The zero-order chi connectivity index (χ0) is 10.9. The number of hydrogen-bond acceptors (Lipinski definition) is 4. The average Bonchev–Trinajstić information content (AvgIpc) is 2.27. The van der Waals surface area contributed by atoms with Crippen molar-refractivity contribution in [3.8, 4) is 0 Å². The van der Waals surface area contributed by atoms with E-state index in [1.54, 1.807) is 0 Å². The fourth-order valence-corrected chi connectivity index (χ4v) is 2.98. The molecular weight excluding hydrogens is 227 g/mol. The lowest BCUT2D eigenvalue weighted by atomic mass is 10.4. The molecule has 1 aromatic heterocycles. The fourth-order valence-electron chi connectivity index (χ4n) is 0.981. The first kappa shape index (κ1) is 11.6. The maximum absolute atomic E-state index is 13.1. The van der Waals surface area contributed by atoms with Gasteiger partial charge in [-0.3, -0.25) is 0 Å². The second kappa shape index (κ2) is 3.93. The van der Waals surface area contributed by atoms with Gasteiger partial charge in [-0.15, -0.1) is 11.3 Å². The zero-order valence-electron chi connectivity index (χ0n) is 7.82. The van der Waals surface area contributed by atoms with Gasteiger partial charge in [-0.25, -0.2) is 17.9 Å². The van der Waals surface area contributed by atoms with Crippen molar-refractivity contribution >= 4 is 21.4 Å². The molecule has 2 N–H and O–H groups in total. The van der Waals surface area contributed by atoms with Crippen LogP contribution >= 0.6 is 11.3 Å². The Balaban J connectivity index is 3.06. The summed E-state index contributed by atoms with van der Waals surface area (Å²) in [7, 11) is -0.296. The van der Waals surface area contributed by atoms with Gasteiger partial charge in [0.25, 0.3) is 10.0 Å². The van der Waals surface area contributed by atoms with Gasteiger partial charge in [0.15, 0.2) is 10.0 Å². The summed E-state index contributed by atoms with van der Waals surface area (Å²) in [5.74, 6) is -0.769. The molecule has 0 spiro atoms. The molecule has 7 heteroatoms. The first-order valence-electron chi connectivity index (χ1n) is 3.76. The summed E-state index contributed by atoms with van der Waals surface area (Å²) in [6.45, 7) is 0.497. The molecule has 0 bridgehead atoms. The van der Waals surface area contributed by atoms with Crippen molar-refractivity contribution in [2.75, 3.05) is 14.1 Å². The second-order valence-electron chi connectivity index (χ2n) is 3.13. The highest BCUT2D eigenvalue weighted by Gasteiger charge is 2.18. The van der Waals surface area contributed by atoms with Crippen molar-refractivity contribution in [2.45, 2.75) is 10.8 Å². The van der Waals surface area contributed by atoms with Gasteiger partial charge in [0, 0.05) is 11.4 Å². The van der Waals surface area contributed by atoms with Crippen LogP contribution in [0.1, 0.15) is 4.88 Å². The Bertz CT molecular complexity index is 425. The summed E-state index contributed by atoms with van der Waals surface area (Å²) in [5, 5.41) is 4.83. The van der Waals surface area contributed by atoms with Crippen molar-refractivity contribution < 1.29 is 12.8 Å². The monoisotopic (exact) mass is 238 g/mol. The maximum Gasteiger partial charge on any atom is 0.250 e. The van der Waals surface area contributed by atoms with Gasteiger partial charge in [0.05, 0.1) is 0 Å². The second-order valence-corrected chi connectivity index (χ2v) is 6.02. The van der Waals surface area contributed by atoms with Crippen LogP contribution in [0, 0.1) is 5.82 Å². The van der Waals surface area contributed by atoms with E-state index in [1.807, 2.05) is 19.0 Å². The zero-order valence-corrected chi connectivity index (χ0v) is 9.45. The van der Waals surface area contributed by atoms with Crippen LogP contribution in [0.25, 0.3) is 0 Å². The molecule has 4 nitrogen and oxygen atoms in total. The molecular formula is C7H11FN2O2S2. The van der Waals surface area contributed by atoms with Gasteiger partial charge in [-0.05, 0) is 20.2 Å². The minimum atomic E-state index is -3.92. The molecule has 1 aromatic rings. The number of rotatable bonds is 3. The van der Waals surface area contributed by atoms with Crippen molar-refractivity contribution in [3.05, 3.63) is 16.8 Å². The quantitative estimate of drug-likeness (QED) is 0.838. The van der Waals surface area contributed by atoms with Gasteiger partial charge in [-0.1, -0.05) is 0 Å². The standard InChI is InChI=1S/C7H11FN2O2S2/c1-10(2)4-5-3-6(8)7(13-5)14(9,11)12/h3H,4H2,1-2H3,(H2,9,11,12). The van der Waals surface area contributed by atoms with E-state index in [4.69, 9.17) is 5.14 Å². The van der Waals surface area contributed by atoms with Crippen LogP contribution in [0.5, 0.6) is 0 Å². The van der Waals surface area contributed by atoms with Gasteiger partial charge in [-0.2, -0.15) is 0 Å². The van der Waals surface area contributed by atoms with Crippen LogP contribution in [-0.2, 0) is 16.6 Å². The van der Waals surface area contributed by atoms with Crippen LogP contribution in [0.15, 0.2) is 10.3 Å². The number of nitrogens with zero attached hydrogens (tertiary/aromatic N) is 1. The predicted octanol–water partition coefficient (Wildman–Crippen LogP) is 0.596. The Hall–Kier alpha value is -0.500. The van der Waals surface area contributed by atoms with E-state index in [9.17, 15) is 12.8 Å². The van der Waals surface area contributed by atoms with E-state index in [1.165, 1.54) is 6.07 Å². The highest BCUT2D eigenvalue weighted by atomic mass is 32.2. The molecule has 0 atom stereocenters. The third-order valence-corrected chi connectivity index (χ3v) is 3.99. The summed E-state index contributed by atoms with van der Waals surface area (Å²) in [6, 6.07) is 1.20. The lowest BCUT2D eigenvalue weighted by Gasteiger charge is -2.05. The van der Waals surface area contributed by atoms with Gasteiger partial charge in [0.2, 0.25) is 0 Å². The highest BCUT2D eigenvalue weighted by molar-refractivity contribution is 7.91. The third-order valence-electron chi connectivity index (χ3n) is 1.44. The molecule has 14 heavy (non-hydrogen) atoms. The van der Waals surface area contributed by atoms with Crippen LogP contribution in [0.4, 0.5) is 4.39 Å². The summed E-state index contributed by atoms with van der Waals surface area (Å²) < 4.78 is 34.5. The molecule has 1 rings (SSSR count). The molecule has 0 unspecified atom stereocenters. The van der Waals surface area contributed by atoms with E-state index < -0.39 is 20.0 Å². The van der Waals surface area contributed by atoms with E-state index in [2.05, 4.69) is 0 Å². The van der Waals surface area contributed by atoms with Gasteiger partial charge >= 0.3 is 0 Å². The number of halogens is 1. The minimum absolute atomic E-state index is 0.394. The minimum Gasteiger partial charge on any atom is -0.304 e. The average molecular weight is 238 g/mol. The van der Waals surface area contributed by atoms with Crippen LogP contribution < -0.4 is 5.14 Å². The molecule has 0 amide bonds. The van der Waals surface area contributed by atoms with E-state index in [0.29, 0.717) is 11.4 Å². The Labute approximate surface area is 86.2 Å². The molecule has 80 valence electrons. The molecule has 0 aromatic carbocycles. The Morgan fingerprint density at radius 3 is 2.50 bits per heavy atom. The summed E-state index contributed by atoms with van der Waals surface area (Å²) in [5.41, 5.74) is 0. The summed E-state index contributed by atoms with van der Waals surface area (Å²) in [4.78, 5) is 2.45. The molecule has 1 heterocycles. The number of hydrogen-bond donors (Lipinski definition) is 1. The number of thiophene rings is 1. The molecule has 0 aliphatic carbocycles. The third kappa shape index (κ3) is 2.74. The Kier molecular flexibility index (Phi) is 3.25. The van der Waals surface area contributed by atoms with Crippen LogP contribution in [0.2, 0.25) is 0 Å². The normalized spacial score (nSPS) is 12.4. The van der Waals surface area contributed by atoms with Crippen molar-refractivity contribution in [2.24, 2.45) is 5.14 Å². The lowest BCUT2D eigenvalue weighted by Crippen LogP contribution is -2.11. The lowest BCUT2D eigenvalue weighted by molar-refractivity contribution is 0.406. The summed E-state index contributed by atoms with van der Waals surface area (Å²) >= 11 is 0.865. The van der Waals surface area contributed by atoms with E-state index in [-0.39, 0.29) is 0 Å². The van der Waals surface area contributed by atoms with E-state index in [0.717, 1.165) is 11.3 Å². The molecule has 0 fully saturated rings. The summed E-state index contributed by atoms with van der Waals surface area (Å²) in [6.07, 6.45) is 0. The van der Waals surface area contributed by atoms with Crippen molar-refractivity contribution in [1.29, 1.82) is 0 Å². The number of primary sulfonamides is 1. The largest absolute Gasteiger partial charge is 0.304 e. The molecule has 0 saturated carbocycles. The predicted molar refractivity (Wildman–Crippen MR) is 53.0 cm³/mol. The molecule has 0 radical (unpaired) electrons. The maximum atomic E-state index is 13.1. The molecule has 0 aliphatic heterocycles. The van der Waals surface area contributed by atoms with Crippen LogP contribution in [-0.4, -0.2) is 27.4 Å². The fraction of sp³-hybridized carbons (Fsp3) is 0.429. The smallest absolute Gasteiger partial charge is 0.250 e. The Morgan fingerprint density at radius 1 is 1.57 bits per heavy atom. The SMILES string of the molecule is CN(C)Cc1cc(F)c(S(N)(=O)=O)s1. The number of nitrogens with two attached hydrogens (primary N) is 1. The molecule has 0 saturated heterocycles. The van der Waals surface area contributed by atoms with Gasteiger partial charge < -0.3 is 4.90 Å². The highest BCUT2D eigenvalue weighted by Crippen LogP contribution is 2.25. The van der Waals surface area contributed by atoms with Crippen LogP contribution in [0.3, 0.4) is 0 Å². The number of sulfonamides is 1. The van der Waals surface area contributed by atoms with Crippen molar-refractivity contribution in [1.82, 2.24) is 4.90 Å². The van der Waals surface area contributed by atoms with E-state index >= 15 is 0 Å². The molecule has 0 aliphatic rings. The topological polar surface area (TPSA) is 63.4 Å². The first-order chi connectivity index (χ1) is 6.30. The first-order valence-corrected chi connectivity index (χ1v) is 6.12. The van der Waals surface area contributed by atoms with Crippen molar-refractivity contribution in [3.63, 3.8) is 0 Å².